The van der Waals surface area contributed by atoms with Gasteiger partial charge in [-0.2, -0.15) is 0 Å². The van der Waals surface area contributed by atoms with Gasteiger partial charge >= 0.3 is 0 Å². The number of thiophene rings is 1. The number of para-hydroxylation sites is 1. The summed E-state index contributed by atoms with van der Waals surface area (Å²) in [5, 5.41) is 14.4. The first-order valence-corrected chi connectivity index (χ1v) is 11.2. The number of aromatic nitrogens is 3. The summed E-state index contributed by atoms with van der Waals surface area (Å²) < 4.78 is 15.7. The second-order valence-electron chi connectivity index (χ2n) is 6.28. The van der Waals surface area contributed by atoms with Crippen molar-refractivity contribution in [3.8, 4) is 5.69 Å². The van der Waals surface area contributed by atoms with E-state index >= 15 is 0 Å². The Balaban J connectivity index is 1.55. The number of carbonyl (C=O) groups is 1. The zero-order valence-electron chi connectivity index (χ0n) is 15.6. The van der Waals surface area contributed by atoms with Crippen molar-refractivity contribution in [3.63, 3.8) is 0 Å². The Morgan fingerprint density at radius 2 is 1.90 bits per heavy atom. The Morgan fingerprint density at radius 3 is 2.63 bits per heavy atom. The van der Waals surface area contributed by atoms with Gasteiger partial charge in [-0.25, -0.2) is 4.39 Å². The molecule has 0 atom stereocenters. The predicted octanol–water partition coefficient (Wildman–Crippen LogP) is 5.44. The molecule has 2 aromatic heterocycles. The van der Waals surface area contributed by atoms with Crippen molar-refractivity contribution in [2.75, 3.05) is 11.1 Å². The van der Waals surface area contributed by atoms with Crippen LogP contribution in [0.4, 0.5) is 10.1 Å². The molecule has 152 valence electrons. The summed E-state index contributed by atoms with van der Waals surface area (Å²) in [6, 6.07) is 17.5. The van der Waals surface area contributed by atoms with Crippen molar-refractivity contribution >= 4 is 46.3 Å². The highest BCUT2D eigenvalue weighted by Crippen LogP contribution is 2.26. The number of thioether (sulfide) groups is 1. The first kappa shape index (κ1) is 20.6. The normalized spacial score (nSPS) is 10.9. The van der Waals surface area contributed by atoms with Gasteiger partial charge < -0.3 is 5.32 Å². The van der Waals surface area contributed by atoms with E-state index in [2.05, 4.69) is 15.5 Å². The maximum Gasteiger partial charge on any atom is 0.234 e. The lowest BCUT2D eigenvalue weighted by Crippen LogP contribution is -2.15. The zero-order valence-corrected chi connectivity index (χ0v) is 18.0. The van der Waals surface area contributed by atoms with Gasteiger partial charge in [0.2, 0.25) is 5.91 Å². The minimum Gasteiger partial charge on any atom is -0.323 e. The lowest BCUT2D eigenvalue weighted by atomic mass is 10.3. The van der Waals surface area contributed by atoms with Crippen LogP contribution in [0.5, 0.6) is 0 Å². The van der Waals surface area contributed by atoms with E-state index in [0.29, 0.717) is 16.6 Å². The molecule has 0 aliphatic rings. The molecule has 2 heterocycles. The Morgan fingerprint density at radius 1 is 1.10 bits per heavy atom. The highest BCUT2D eigenvalue weighted by Gasteiger charge is 2.17. The summed E-state index contributed by atoms with van der Waals surface area (Å²) in [6.45, 7) is 0. The van der Waals surface area contributed by atoms with Crippen LogP contribution in [-0.4, -0.2) is 26.4 Å². The summed E-state index contributed by atoms with van der Waals surface area (Å²) in [5.41, 5.74) is 1.01. The van der Waals surface area contributed by atoms with E-state index in [0.717, 1.165) is 16.4 Å². The number of hydrogen-bond donors (Lipinski definition) is 1. The molecule has 0 unspecified atom stereocenters. The number of amides is 1. The van der Waals surface area contributed by atoms with E-state index in [1.165, 1.54) is 23.9 Å². The van der Waals surface area contributed by atoms with Crippen LogP contribution in [0.15, 0.2) is 71.2 Å². The quantitative estimate of drug-likeness (QED) is 0.374. The fourth-order valence-electron chi connectivity index (χ4n) is 2.81. The van der Waals surface area contributed by atoms with Crippen LogP contribution in [0.25, 0.3) is 5.69 Å². The number of nitrogens with one attached hydrogen (secondary N) is 1. The van der Waals surface area contributed by atoms with Gasteiger partial charge in [0.25, 0.3) is 0 Å². The third-order valence-corrected chi connectivity index (χ3v) is 6.24. The van der Waals surface area contributed by atoms with Gasteiger partial charge in [-0.3, -0.25) is 9.36 Å². The van der Waals surface area contributed by atoms with Crippen LogP contribution in [0, 0.1) is 5.82 Å². The number of halogens is 2. The van der Waals surface area contributed by atoms with Crippen LogP contribution in [0.1, 0.15) is 10.7 Å². The third kappa shape index (κ3) is 4.89. The lowest BCUT2D eigenvalue weighted by Gasteiger charge is -2.10. The molecule has 0 saturated heterocycles. The summed E-state index contributed by atoms with van der Waals surface area (Å²) in [7, 11) is 0. The standard InChI is InChI=1S/C21H16ClFN4OS2/c22-14-7-9-15(10-8-14)27-19(12-16-4-3-11-29-16)25-26-21(27)30-13-20(28)24-18-6-2-1-5-17(18)23/h1-11H,12-13H2,(H,24,28). The van der Waals surface area contributed by atoms with Crippen molar-refractivity contribution < 1.29 is 9.18 Å². The van der Waals surface area contributed by atoms with E-state index in [1.807, 2.05) is 34.2 Å². The van der Waals surface area contributed by atoms with Crippen molar-refractivity contribution in [1.29, 1.82) is 0 Å². The fourth-order valence-corrected chi connectivity index (χ4v) is 4.40. The Labute approximate surface area is 185 Å². The van der Waals surface area contributed by atoms with Gasteiger partial charge in [0, 0.05) is 22.0 Å². The van der Waals surface area contributed by atoms with Crippen molar-refractivity contribution in [2.24, 2.45) is 0 Å². The average molecular weight is 459 g/mol. The third-order valence-electron chi connectivity index (χ3n) is 4.18. The van der Waals surface area contributed by atoms with Crippen molar-refractivity contribution in [3.05, 3.63) is 87.6 Å². The van der Waals surface area contributed by atoms with E-state index < -0.39 is 5.82 Å². The molecule has 9 heteroatoms. The molecule has 5 nitrogen and oxygen atoms in total. The molecular formula is C21H16ClFN4OS2. The molecule has 1 amide bonds. The largest absolute Gasteiger partial charge is 0.323 e. The van der Waals surface area contributed by atoms with Crippen molar-refractivity contribution in [1.82, 2.24) is 14.8 Å². The van der Waals surface area contributed by atoms with Gasteiger partial charge in [-0.15, -0.1) is 21.5 Å². The molecule has 4 rings (SSSR count). The monoisotopic (exact) mass is 458 g/mol. The number of nitrogens with zero attached hydrogens (tertiary/aromatic N) is 3. The van der Waals surface area contributed by atoms with Gasteiger partial charge in [0.1, 0.15) is 11.6 Å². The summed E-state index contributed by atoms with van der Waals surface area (Å²) in [5.74, 6) is 0.0322. The minimum atomic E-state index is -0.474. The first-order valence-electron chi connectivity index (χ1n) is 9.00. The molecule has 0 spiro atoms. The first-order chi connectivity index (χ1) is 14.6. The topological polar surface area (TPSA) is 59.8 Å². The maximum absolute atomic E-state index is 13.8. The van der Waals surface area contributed by atoms with E-state index in [1.54, 1.807) is 35.6 Å². The minimum absolute atomic E-state index is 0.0685. The average Bonchev–Trinajstić information content (AvgIpc) is 3.39. The van der Waals surface area contributed by atoms with E-state index in [-0.39, 0.29) is 17.3 Å². The summed E-state index contributed by atoms with van der Waals surface area (Å²) >= 11 is 8.92. The molecule has 0 aliphatic heterocycles. The predicted molar refractivity (Wildman–Crippen MR) is 119 cm³/mol. The molecule has 0 radical (unpaired) electrons. The molecule has 0 bridgehead atoms. The molecule has 0 aliphatic carbocycles. The second kappa shape index (κ2) is 9.42. The van der Waals surface area contributed by atoms with E-state index in [4.69, 9.17) is 11.6 Å². The Bertz CT molecular complexity index is 1150. The number of benzene rings is 2. The SMILES string of the molecule is O=C(CSc1nnc(Cc2cccs2)n1-c1ccc(Cl)cc1)Nc1ccccc1F. The lowest BCUT2D eigenvalue weighted by molar-refractivity contribution is -0.113. The smallest absolute Gasteiger partial charge is 0.234 e. The Hall–Kier alpha value is -2.68. The van der Waals surface area contributed by atoms with Gasteiger partial charge in [-0.1, -0.05) is 41.6 Å². The highest BCUT2D eigenvalue weighted by atomic mass is 35.5. The van der Waals surface area contributed by atoms with Crippen LogP contribution in [-0.2, 0) is 11.2 Å². The molecule has 0 saturated carbocycles. The number of anilines is 1. The van der Waals surface area contributed by atoms with Crippen LogP contribution in [0.2, 0.25) is 5.02 Å². The summed E-state index contributed by atoms with van der Waals surface area (Å²) in [4.78, 5) is 13.5. The maximum atomic E-state index is 13.8. The molecule has 30 heavy (non-hydrogen) atoms. The Kier molecular flexibility index (Phi) is 6.47. The molecule has 4 aromatic rings. The highest BCUT2D eigenvalue weighted by molar-refractivity contribution is 7.99. The molecule has 0 fully saturated rings. The summed E-state index contributed by atoms with van der Waals surface area (Å²) in [6.07, 6.45) is 0.620. The number of rotatable bonds is 7. The zero-order chi connectivity index (χ0) is 20.9. The number of carbonyl (C=O) groups excluding carboxylic acids is 1. The molecular weight excluding hydrogens is 443 g/mol. The molecule has 1 N–H and O–H groups in total. The number of hydrogen-bond acceptors (Lipinski definition) is 5. The molecule has 2 aromatic carbocycles. The van der Waals surface area contributed by atoms with Crippen LogP contribution >= 0.6 is 34.7 Å². The van der Waals surface area contributed by atoms with Gasteiger partial charge in [0.05, 0.1) is 11.4 Å². The van der Waals surface area contributed by atoms with Crippen molar-refractivity contribution in [2.45, 2.75) is 11.6 Å². The van der Waals surface area contributed by atoms with Gasteiger partial charge in [0.15, 0.2) is 5.16 Å². The van der Waals surface area contributed by atoms with Gasteiger partial charge in [-0.05, 0) is 47.8 Å². The van der Waals surface area contributed by atoms with E-state index in [9.17, 15) is 9.18 Å². The van der Waals surface area contributed by atoms with Crippen LogP contribution in [0.3, 0.4) is 0 Å². The van der Waals surface area contributed by atoms with Crippen LogP contribution < -0.4 is 5.32 Å². The second-order valence-corrected chi connectivity index (χ2v) is 8.69. The fraction of sp³-hybridized carbons (Fsp3) is 0.0952.